The van der Waals surface area contributed by atoms with E-state index in [1.54, 1.807) is 6.20 Å². The summed E-state index contributed by atoms with van der Waals surface area (Å²) < 4.78 is 1.99. The fourth-order valence-electron chi connectivity index (χ4n) is 3.56. The number of nitrogens with one attached hydrogen (secondary N) is 1. The molecule has 4 rings (SSSR count). The molecule has 1 aliphatic rings. The van der Waals surface area contributed by atoms with Gasteiger partial charge in [-0.3, -0.25) is 4.79 Å². The summed E-state index contributed by atoms with van der Waals surface area (Å²) in [4.78, 5) is 19.4. The Hall–Kier alpha value is -2.37. The van der Waals surface area contributed by atoms with Gasteiger partial charge in [0, 0.05) is 39.1 Å². The van der Waals surface area contributed by atoms with Crippen molar-refractivity contribution in [1.82, 2.24) is 19.8 Å². The molecular formula is C20H23ClN4O. The summed E-state index contributed by atoms with van der Waals surface area (Å²) in [6, 6.07) is 14.5. The molecule has 1 saturated heterocycles. The minimum absolute atomic E-state index is 0. The van der Waals surface area contributed by atoms with Crippen LogP contribution in [0, 0.1) is 0 Å². The monoisotopic (exact) mass is 370 g/mol. The van der Waals surface area contributed by atoms with Gasteiger partial charge in [0.05, 0.1) is 6.42 Å². The molecule has 0 radical (unpaired) electrons. The molecule has 6 heteroatoms. The minimum Gasteiger partial charge on any atom is -0.336 e. The lowest BCUT2D eigenvalue weighted by Crippen LogP contribution is -2.49. The van der Waals surface area contributed by atoms with Crippen LogP contribution in [0.4, 0.5) is 0 Å². The van der Waals surface area contributed by atoms with Crippen molar-refractivity contribution in [3.8, 4) is 0 Å². The van der Waals surface area contributed by atoms with E-state index in [1.165, 1.54) is 10.8 Å². The maximum absolute atomic E-state index is 13.0. The Bertz CT molecular complexity index is 907. The topological polar surface area (TPSA) is 50.2 Å². The number of carbonyl (C=O) groups excluding carboxylic acids is 1. The molecule has 1 N–H and O–H groups in total. The standard InChI is InChI=1S/C20H22N4O.ClH/c1-23-10-9-22-20(23)18-14-21-8-11-24(18)19(25)13-15-6-7-16-4-2-3-5-17(16)12-15;/h2-7,9-10,12,18,21H,8,11,13-14H2,1H3;1H. The highest BCUT2D eigenvalue weighted by Gasteiger charge is 2.30. The number of hydrogen-bond acceptors (Lipinski definition) is 3. The first-order valence-electron chi connectivity index (χ1n) is 8.67. The quantitative estimate of drug-likeness (QED) is 0.771. The summed E-state index contributed by atoms with van der Waals surface area (Å²) in [5.74, 6) is 1.09. The molecule has 0 spiro atoms. The second kappa shape index (κ2) is 7.89. The zero-order valence-corrected chi connectivity index (χ0v) is 15.6. The van der Waals surface area contributed by atoms with E-state index in [1.807, 2.05) is 34.8 Å². The highest BCUT2D eigenvalue weighted by molar-refractivity contribution is 5.86. The number of aromatic nitrogens is 2. The summed E-state index contributed by atoms with van der Waals surface area (Å²) in [5, 5.41) is 5.75. The molecule has 0 bridgehead atoms. The van der Waals surface area contributed by atoms with Crippen LogP contribution in [0.15, 0.2) is 54.9 Å². The Morgan fingerprint density at radius 3 is 2.81 bits per heavy atom. The van der Waals surface area contributed by atoms with Crippen molar-refractivity contribution in [1.29, 1.82) is 0 Å². The number of imidazole rings is 1. The molecule has 1 aliphatic heterocycles. The summed E-state index contributed by atoms with van der Waals surface area (Å²) in [6.07, 6.45) is 4.14. The molecule has 2 heterocycles. The van der Waals surface area contributed by atoms with Gasteiger partial charge in [0.25, 0.3) is 0 Å². The van der Waals surface area contributed by atoms with Crippen LogP contribution in [-0.4, -0.2) is 40.0 Å². The van der Waals surface area contributed by atoms with E-state index in [-0.39, 0.29) is 24.4 Å². The van der Waals surface area contributed by atoms with Crippen LogP contribution in [0.2, 0.25) is 0 Å². The van der Waals surface area contributed by atoms with Crippen molar-refractivity contribution in [3.63, 3.8) is 0 Å². The SMILES string of the molecule is Cl.Cn1ccnc1C1CNCCN1C(=O)Cc1ccc2ccccc2c1. The second-order valence-electron chi connectivity index (χ2n) is 6.56. The van der Waals surface area contributed by atoms with Gasteiger partial charge in [-0.15, -0.1) is 12.4 Å². The number of piperazine rings is 1. The van der Waals surface area contributed by atoms with Crippen LogP contribution in [-0.2, 0) is 18.3 Å². The minimum atomic E-state index is -0.0123. The number of nitrogens with zero attached hydrogens (tertiary/aromatic N) is 3. The average Bonchev–Trinajstić information content (AvgIpc) is 3.07. The normalized spacial score (nSPS) is 17.1. The molecule has 1 aromatic heterocycles. The summed E-state index contributed by atoms with van der Waals surface area (Å²) >= 11 is 0. The van der Waals surface area contributed by atoms with Gasteiger partial charge in [0.2, 0.25) is 5.91 Å². The fraction of sp³-hybridized carbons (Fsp3) is 0.300. The zero-order valence-electron chi connectivity index (χ0n) is 14.8. The largest absolute Gasteiger partial charge is 0.336 e. The van der Waals surface area contributed by atoms with Crippen molar-refractivity contribution < 1.29 is 4.79 Å². The average molecular weight is 371 g/mol. The maximum Gasteiger partial charge on any atom is 0.227 e. The Labute approximate surface area is 159 Å². The first kappa shape index (κ1) is 18.4. The van der Waals surface area contributed by atoms with E-state index < -0.39 is 0 Å². The second-order valence-corrected chi connectivity index (χ2v) is 6.56. The predicted molar refractivity (Wildman–Crippen MR) is 105 cm³/mol. The van der Waals surface area contributed by atoms with Gasteiger partial charge in [-0.2, -0.15) is 0 Å². The van der Waals surface area contributed by atoms with Crippen LogP contribution in [0.25, 0.3) is 10.8 Å². The van der Waals surface area contributed by atoms with Gasteiger partial charge in [-0.25, -0.2) is 4.98 Å². The molecule has 1 fully saturated rings. The third-order valence-electron chi connectivity index (χ3n) is 4.89. The third-order valence-corrected chi connectivity index (χ3v) is 4.89. The number of hydrogen-bond donors (Lipinski definition) is 1. The van der Waals surface area contributed by atoms with E-state index in [4.69, 9.17) is 0 Å². The number of benzene rings is 2. The third kappa shape index (κ3) is 3.59. The molecule has 1 atom stereocenters. The lowest BCUT2D eigenvalue weighted by Gasteiger charge is -2.36. The Morgan fingerprint density at radius 2 is 2.04 bits per heavy atom. The van der Waals surface area contributed by atoms with E-state index in [0.717, 1.165) is 24.5 Å². The van der Waals surface area contributed by atoms with Gasteiger partial charge in [-0.1, -0.05) is 42.5 Å². The molecule has 26 heavy (non-hydrogen) atoms. The van der Waals surface area contributed by atoms with E-state index in [2.05, 4.69) is 40.6 Å². The van der Waals surface area contributed by atoms with Crippen molar-refractivity contribution in [2.24, 2.45) is 7.05 Å². The summed E-state index contributed by atoms with van der Waals surface area (Å²) in [5.41, 5.74) is 1.06. The van der Waals surface area contributed by atoms with Crippen molar-refractivity contribution in [2.45, 2.75) is 12.5 Å². The van der Waals surface area contributed by atoms with Crippen molar-refractivity contribution >= 4 is 29.1 Å². The molecule has 0 saturated carbocycles. The number of carbonyl (C=O) groups is 1. The lowest BCUT2D eigenvalue weighted by atomic mass is 10.0. The molecule has 1 unspecified atom stereocenters. The fourth-order valence-corrected chi connectivity index (χ4v) is 3.56. The summed E-state index contributed by atoms with van der Waals surface area (Å²) in [7, 11) is 1.98. The van der Waals surface area contributed by atoms with Crippen molar-refractivity contribution in [2.75, 3.05) is 19.6 Å². The zero-order chi connectivity index (χ0) is 17.2. The molecular weight excluding hydrogens is 348 g/mol. The van der Waals surface area contributed by atoms with Crippen LogP contribution in [0.3, 0.4) is 0 Å². The highest BCUT2D eigenvalue weighted by atomic mass is 35.5. The molecule has 2 aromatic carbocycles. The molecule has 3 aromatic rings. The molecule has 136 valence electrons. The highest BCUT2D eigenvalue weighted by Crippen LogP contribution is 2.22. The van der Waals surface area contributed by atoms with E-state index in [0.29, 0.717) is 13.0 Å². The smallest absolute Gasteiger partial charge is 0.227 e. The first-order valence-corrected chi connectivity index (χ1v) is 8.67. The van der Waals surface area contributed by atoms with Crippen LogP contribution >= 0.6 is 12.4 Å². The van der Waals surface area contributed by atoms with Crippen molar-refractivity contribution in [3.05, 3.63) is 66.2 Å². The van der Waals surface area contributed by atoms with Gasteiger partial charge in [0.15, 0.2) is 0 Å². The summed E-state index contributed by atoms with van der Waals surface area (Å²) in [6.45, 7) is 2.28. The van der Waals surface area contributed by atoms with Gasteiger partial charge in [0.1, 0.15) is 11.9 Å². The predicted octanol–water partition coefficient (Wildman–Crippen LogP) is 2.71. The van der Waals surface area contributed by atoms with E-state index >= 15 is 0 Å². The van der Waals surface area contributed by atoms with Gasteiger partial charge in [-0.05, 0) is 16.3 Å². The van der Waals surface area contributed by atoms with Crippen LogP contribution in [0.1, 0.15) is 17.4 Å². The Balaban J connectivity index is 0.00000196. The molecule has 0 aliphatic carbocycles. The number of fused-ring (bicyclic) bond motifs is 1. The number of halogens is 1. The number of aryl methyl sites for hydroxylation is 1. The van der Waals surface area contributed by atoms with Crippen LogP contribution in [0.5, 0.6) is 0 Å². The van der Waals surface area contributed by atoms with Crippen LogP contribution < -0.4 is 5.32 Å². The van der Waals surface area contributed by atoms with Gasteiger partial charge >= 0.3 is 0 Å². The van der Waals surface area contributed by atoms with E-state index in [9.17, 15) is 4.79 Å². The Morgan fingerprint density at radius 1 is 1.23 bits per heavy atom. The number of amides is 1. The molecule has 5 nitrogen and oxygen atoms in total. The Kier molecular flexibility index (Phi) is 5.59. The van der Waals surface area contributed by atoms with Gasteiger partial charge < -0.3 is 14.8 Å². The molecule has 1 amide bonds. The maximum atomic E-state index is 13.0. The first-order chi connectivity index (χ1) is 12.2. The number of rotatable bonds is 3. The lowest BCUT2D eigenvalue weighted by molar-refractivity contribution is -0.134.